The minimum Gasteiger partial charge on any atom is -0.351 e. The van der Waals surface area contributed by atoms with Crippen molar-refractivity contribution in [2.75, 3.05) is 20.1 Å². The lowest BCUT2D eigenvalue weighted by Gasteiger charge is -2.33. The predicted molar refractivity (Wildman–Crippen MR) is 96.0 cm³/mol. The van der Waals surface area contributed by atoms with Gasteiger partial charge < -0.3 is 9.47 Å². The molecule has 0 unspecified atom stereocenters. The van der Waals surface area contributed by atoms with Gasteiger partial charge in [0.15, 0.2) is 0 Å². The second-order valence-electron chi connectivity index (χ2n) is 6.34. The second kappa shape index (κ2) is 7.01. The van der Waals surface area contributed by atoms with E-state index in [0.29, 0.717) is 24.7 Å². The maximum absolute atomic E-state index is 12.9. The van der Waals surface area contributed by atoms with E-state index < -0.39 is 10.0 Å². The number of amides is 1. The van der Waals surface area contributed by atoms with Gasteiger partial charge in [-0.1, -0.05) is 6.07 Å². The van der Waals surface area contributed by atoms with Crippen molar-refractivity contribution in [2.45, 2.75) is 30.7 Å². The number of aromatic nitrogens is 1. The third-order valence-electron chi connectivity index (χ3n) is 4.82. The molecule has 0 radical (unpaired) electrons. The van der Waals surface area contributed by atoms with E-state index in [1.54, 1.807) is 6.07 Å². The van der Waals surface area contributed by atoms with Gasteiger partial charge in [-0.3, -0.25) is 4.79 Å². The number of hydrogen-bond acceptors (Lipinski definition) is 3. The number of benzene rings is 1. The number of piperidine rings is 1. The maximum Gasteiger partial charge on any atom is 0.254 e. The van der Waals surface area contributed by atoms with Gasteiger partial charge in [0.1, 0.15) is 0 Å². The normalized spacial score (nSPS) is 16.2. The first-order chi connectivity index (χ1) is 11.9. The van der Waals surface area contributed by atoms with E-state index in [9.17, 15) is 13.2 Å². The van der Waals surface area contributed by atoms with E-state index in [1.807, 2.05) is 24.0 Å². The quantitative estimate of drug-likeness (QED) is 0.907. The van der Waals surface area contributed by atoms with Crippen LogP contribution in [0.4, 0.5) is 0 Å². The summed E-state index contributed by atoms with van der Waals surface area (Å²) in [5, 5.41) is 0. The number of hydrogen-bond donors (Lipinski definition) is 1. The number of carbonyl (C=O) groups is 1. The average Bonchev–Trinajstić information content (AvgIpc) is 3.16. The molecule has 1 aromatic carbocycles. The fraction of sp³-hybridized carbons (Fsp3) is 0.389. The zero-order valence-electron chi connectivity index (χ0n) is 14.5. The molecule has 0 saturated carbocycles. The van der Waals surface area contributed by atoms with E-state index in [0.717, 1.165) is 18.4 Å². The van der Waals surface area contributed by atoms with Crippen molar-refractivity contribution in [1.82, 2.24) is 14.2 Å². The van der Waals surface area contributed by atoms with Crippen molar-refractivity contribution in [2.24, 2.45) is 0 Å². The highest BCUT2D eigenvalue weighted by Gasteiger charge is 2.26. The highest BCUT2D eigenvalue weighted by Crippen LogP contribution is 2.25. The molecular weight excluding hydrogens is 338 g/mol. The maximum atomic E-state index is 12.9. The van der Waals surface area contributed by atoms with Crippen molar-refractivity contribution in [1.29, 1.82) is 0 Å². The minimum absolute atomic E-state index is 0.100. The van der Waals surface area contributed by atoms with E-state index in [-0.39, 0.29) is 10.8 Å². The van der Waals surface area contributed by atoms with Crippen molar-refractivity contribution < 1.29 is 13.2 Å². The molecule has 0 bridgehead atoms. The molecule has 0 atom stereocenters. The average molecular weight is 361 g/mol. The Balaban J connectivity index is 1.77. The van der Waals surface area contributed by atoms with Crippen LogP contribution in [-0.4, -0.2) is 43.9 Å². The Morgan fingerprint density at radius 3 is 2.40 bits per heavy atom. The van der Waals surface area contributed by atoms with Gasteiger partial charge in [0.2, 0.25) is 10.0 Å². The van der Waals surface area contributed by atoms with E-state index in [1.165, 1.54) is 19.2 Å². The van der Waals surface area contributed by atoms with Crippen LogP contribution in [0.25, 0.3) is 0 Å². The van der Waals surface area contributed by atoms with Crippen LogP contribution in [0, 0.1) is 6.92 Å². The molecule has 1 fully saturated rings. The molecule has 2 heterocycles. The molecule has 1 N–H and O–H groups in total. The Hall–Kier alpha value is -2.12. The summed E-state index contributed by atoms with van der Waals surface area (Å²) < 4.78 is 28.5. The Labute approximate surface area is 148 Å². The SMILES string of the molecule is CNS(=O)(=O)c1ccc(C)c(C(=O)N2CCC(n3cccc3)CC2)c1. The molecule has 1 aromatic heterocycles. The van der Waals surface area contributed by atoms with Crippen molar-refractivity contribution in [3.05, 3.63) is 53.9 Å². The van der Waals surface area contributed by atoms with E-state index in [2.05, 4.69) is 21.7 Å². The Kier molecular flexibility index (Phi) is 4.96. The first kappa shape index (κ1) is 17.7. The van der Waals surface area contributed by atoms with Crippen molar-refractivity contribution in [3.8, 4) is 0 Å². The molecule has 134 valence electrons. The van der Waals surface area contributed by atoms with Gasteiger partial charge in [-0.15, -0.1) is 0 Å². The summed E-state index contributed by atoms with van der Waals surface area (Å²) in [4.78, 5) is 14.8. The first-order valence-electron chi connectivity index (χ1n) is 8.38. The molecular formula is C18H23N3O3S. The number of carbonyl (C=O) groups excluding carboxylic acids is 1. The first-order valence-corrected chi connectivity index (χ1v) is 9.86. The van der Waals surface area contributed by atoms with Crippen LogP contribution < -0.4 is 4.72 Å². The zero-order chi connectivity index (χ0) is 18.0. The van der Waals surface area contributed by atoms with Crippen molar-refractivity contribution >= 4 is 15.9 Å². The predicted octanol–water partition coefficient (Wildman–Crippen LogP) is 2.18. The topological polar surface area (TPSA) is 71.4 Å². The number of nitrogens with one attached hydrogen (secondary N) is 1. The minimum atomic E-state index is -3.56. The summed E-state index contributed by atoms with van der Waals surface area (Å²) in [6.45, 7) is 3.17. The molecule has 1 amide bonds. The Morgan fingerprint density at radius 1 is 1.16 bits per heavy atom. The molecule has 0 aliphatic carbocycles. The zero-order valence-corrected chi connectivity index (χ0v) is 15.3. The third kappa shape index (κ3) is 3.62. The molecule has 1 saturated heterocycles. The number of aryl methyl sites for hydroxylation is 1. The van der Waals surface area contributed by atoms with Crippen LogP contribution >= 0.6 is 0 Å². The molecule has 6 nitrogen and oxygen atoms in total. The smallest absolute Gasteiger partial charge is 0.254 e. The van der Waals surface area contributed by atoms with Gasteiger partial charge >= 0.3 is 0 Å². The molecule has 1 aliphatic heterocycles. The summed E-state index contributed by atoms with van der Waals surface area (Å²) in [5.74, 6) is -0.100. The number of nitrogens with zero attached hydrogens (tertiary/aromatic N) is 2. The van der Waals surface area contributed by atoms with Gasteiger partial charge in [0.25, 0.3) is 5.91 Å². The number of likely N-dealkylation sites (tertiary alicyclic amines) is 1. The highest BCUT2D eigenvalue weighted by atomic mass is 32.2. The van der Waals surface area contributed by atoms with Gasteiger partial charge in [-0.2, -0.15) is 0 Å². The van der Waals surface area contributed by atoms with E-state index >= 15 is 0 Å². The lowest BCUT2D eigenvalue weighted by atomic mass is 10.0. The fourth-order valence-electron chi connectivity index (χ4n) is 3.25. The summed E-state index contributed by atoms with van der Waals surface area (Å²) in [5.41, 5.74) is 1.24. The highest BCUT2D eigenvalue weighted by molar-refractivity contribution is 7.89. The molecule has 2 aromatic rings. The van der Waals surface area contributed by atoms with Crippen LogP contribution in [0.3, 0.4) is 0 Å². The summed E-state index contributed by atoms with van der Waals surface area (Å²) in [6.07, 6.45) is 5.90. The van der Waals surface area contributed by atoms with Crippen LogP contribution in [0.5, 0.6) is 0 Å². The number of sulfonamides is 1. The van der Waals surface area contributed by atoms with Crippen LogP contribution in [-0.2, 0) is 10.0 Å². The second-order valence-corrected chi connectivity index (χ2v) is 8.22. The summed E-state index contributed by atoms with van der Waals surface area (Å²) in [7, 11) is -2.20. The molecule has 0 spiro atoms. The van der Waals surface area contributed by atoms with Gasteiger partial charge in [0.05, 0.1) is 4.90 Å². The molecule has 7 heteroatoms. The standard InChI is InChI=1S/C18H23N3O3S/c1-14-5-6-16(25(23,24)19-2)13-17(14)18(22)21-11-7-15(8-12-21)20-9-3-4-10-20/h3-6,9-10,13,15,19H,7-8,11-12H2,1-2H3. The largest absolute Gasteiger partial charge is 0.351 e. The van der Waals surface area contributed by atoms with E-state index in [4.69, 9.17) is 0 Å². The van der Waals surface area contributed by atoms with Gasteiger partial charge in [-0.25, -0.2) is 13.1 Å². The Morgan fingerprint density at radius 2 is 1.80 bits per heavy atom. The van der Waals surface area contributed by atoms with Gasteiger partial charge in [0, 0.05) is 37.1 Å². The van der Waals surface area contributed by atoms with Gasteiger partial charge in [-0.05, 0) is 56.6 Å². The van der Waals surface area contributed by atoms with Crippen LogP contribution in [0.2, 0.25) is 0 Å². The Bertz CT molecular complexity index is 852. The van der Waals surface area contributed by atoms with Crippen LogP contribution in [0.1, 0.15) is 34.8 Å². The van der Waals surface area contributed by atoms with Crippen LogP contribution in [0.15, 0.2) is 47.6 Å². The molecule has 3 rings (SSSR count). The van der Waals surface area contributed by atoms with Crippen molar-refractivity contribution in [3.63, 3.8) is 0 Å². The summed E-state index contributed by atoms with van der Waals surface area (Å²) >= 11 is 0. The fourth-order valence-corrected chi connectivity index (χ4v) is 4.00. The lowest BCUT2D eigenvalue weighted by Crippen LogP contribution is -2.39. The third-order valence-corrected chi connectivity index (χ3v) is 6.23. The lowest BCUT2D eigenvalue weighted by molar-refractivity contribution is 0.0693. The summed E-state index contributed by atoms with van der Waals surface area (Å²) in [6, 6.07) is 9.11. The molecule has 25 heavy (non-hydrogen) atoms. The number of rotatable bonds is 4. The monoisotopic (exact) mass is 361 g/mol. The molecule has 1 aliphatic rings.